The fourth-order valence-corrected chi connectivity index (χ4v) is 5.30. The first-order valence-electron chi connectivity index (χ1n) is 11.7. The molecule has 2 fully saturated rings. The Hall–Kier alpha value is -4.37. The van der Waals surface area contributed by atoms with Crippen LogP contribution >= 0.6 is 0 Å². The number of carbonyl (C=O) groups excluding carboxylic acids is 2. The molecule has 0 spiro atoms. The van der Waals surface area contributed by atoms with Gasteiger partial charge in [0.05, 0.1) is 19.1 Å². The number of ether oxygens (including phenoxy) is 1. The fraction of sp³-hybridized carbons (Fsp3) is 0.222. The number of hydrogen-bond acceptors (Lipinski definition) is 7. The number of nitrogens with zero attached hydrogens (tertiary/aromatic N) is 5. The van der Waals surface area contributed by atoms with Gasteiger partial charge in [0, 0.05) is 48.4 Å². The van der Waals surface area contributed by atoms with Crippen molar-refractivity contribution in [3.63, 3.8) is 0 Å². The highest BCUT2D eigenvalue weighted by atomic mass is 16.5. The van der Waals surface area contributed by atoms with Crippen LogP contribution in [0.4, 0.5) is 5.82 Å². The van der Waals surface area contributed by atoms with Crippen LogP contribution in [0.25, 0.3) is 16.8 Å². The molecule has 6 rings (SSSR count). The van der Waals surface area contributed by atoms with E-state index >= 15 is 0 Å². The van der Waals surface area contributed by atoms with Crippen molar-refractivity contribution in [2.45, 2.75) is 24.5 Å². The Morgan fingerprint density at radius 2 is 2.00 bits per heavy atom. The number of morpholine rings is 1. The van der Waals surface area contributed by atoms with E-state index in [-0.39, 0.29) is 24.2 Å². The number of amides is 1. The first kappa shape index (κ1) is 22.1. The number of benzene rings is 1. The number of anilines is 1. The zero-order valence-corrected chi connectivity index (χ0v) is 19.5. The molecule has 2 atom stereocenters. The molecule has 2 saturated heterocycles. The molecule has 2 bridgehead atoms. The van der Waals surface area contributed by atoms with Crippen LogP contribution in [-0.4, -0.2) is 55.2 Å². The van der Waals surface area contributed by atoms with Crippen LogP contribution in [0.1, 0.15) is 28.3 Å². The lowest BCUT2D eigenvalue weighted by Gasteiger charge is -2.36. The first-order valence-corrected chi connectivity index (χ1v) is 11.7. The van der Waals surface area contributed by atoms with Crippen molar-refractivity contribution in [2.75, 3.05) is 18.9 Å². The predicted octanol–water partition coefficient (Wildman–Crippen LogP) is 2.81. The molecule has 2 unspecified atom stereocenters. The number of pyridine rings is 1. The lowest BCUT2D eigenvalue weighted by Crippen LogP contribution is -2.50. The van der Waals surface area contributed by atoms with Crippen LogP contribution in [0.3, 0.4) is 0 Å². The molecule has 0 aliphatic carbocycles. The van der Waals surface area contributed by atoms with Gasteiger partial charge in [0.15, 0.2) is 5.78 Å². The topological polar surface area (TPSA) is 116 Å². The molecule has 1 amide bonds. The summed E-state index contributed by atoms with van der Waals surface area (Å²) in [6, 6.07) is 12.8. The van der Waals surface area contributed by atoms with E-state index in [0.717, 1.165) is 11.3 Å². The molecule has 3 aromatic heterocycles. The molecular formula is C27H24N6O3. The Balaban J connectivity index is 1.41. The maximum Gasteiger partial charge on any atom is 0.246 e. The van der Waals surface area contributed by atoms with Gasteiger partial charge in [-0.15, -0.1) is 0 Å². The third-order valence-corrected chi connectivity index (χ3v) is 7.01. The van der Waals surface area contributed by atoms with Gasteiger partial charge in [-0.05, 0) is 18.2 Å². The van der Waals surface area contributed by atoms with Gasteiger partial charge < -0.3 is 15.4 Å². The average Bonchev–Trinajstić information content (AvgIpc) is 3.61. The largest absolute Gasteiger partial charge is 0.382 e. The van der Waals surface area contributed by atoms with Crippen LogP contribution in [0.15, 0.2) is 73.7 Å². The van der Waals surface area contributed by atoms with Crippen molar-refractivity contribution < 1.29 is 14.3 Å². The SMILES string of the molecule is C=CC(=O)N1CC2CC1(c1nc(-c3ccc(C(=O)Cc4ccccn4)cc3)c3c(N)nccn13)CO2. The quantitative estimate of drug-likeness (QED) is 0.333. The maximum absolute atomic E-state index is 12.8. The molecule has 180 valence electrons. The number of nitrogen functional groups attached to an aromatic ring is 1. The van der Waals surface area contributed by atoms with Crippen molar-refractivity contribution in [3.05, 3.63) is 90.8 Å². The highest BCUT2D eigenvalue weighted by Crippen LogP contribution is 2.47. The molecule has 1 aromatic carbocycles. The first-order chi connectivity index (χ1) is 17.5. The number of rotatable bonds is 6. The van der Waals surface area contributed by atoms with Gasteiger partial charge in [-0.3, -0.25) is 19.0 Å². The molecule has 9 heteroatoms. The second-order valence-corrected chi connectivity index (χ2v) is 9.14. The molecule has 4 aromatic rings. The molecule has 2 N–H and O–H groups in total. The van der Waals surface area contributed by atoms with Crippen molar-refractivity contribution in [2.24, 2.45) is 0 Å². The monoisotopic (exact) mass is 480 g/mol. The average molecular weight is 481 g/mol. The Kier molecular flexibility index (Phi) is 5.15. The summed E-state index contributed by atoms with van der Waals surface area (Å²) >= 11 is 0. The maximum atomic E-state index is 12.8. The molecule has 0 saturated carbocycles. The second kappa shape index (κ2) is 8.39. The zero-order valence-electron chi connectivity index (χ0n) is 19.5. The summed E-state index contributed by atoms with van der Waals surface area (Å²) in [7, 11) is 0. The molecule has 2 aliphatic heterocycles. The van der Waals surface area contributed by atoms with E-state index in [1.807, 2.05) is 34.7 Å². The lowest BCUT2D eigenvalue weighted by molar-refractivity contribution is -0.136. The minimum absolute atomic E-state index is 0.0191. The van der Waals surface area contributed by atoms with Crippen LogP contribution in [-0.2, 0) is 21.5 Å². The van der Waals surface area contributed by atoms with Gasteiger partial charge in [0.25, 0.3) is 0 Å². The van der Waals surface area contributed by atoms with Gasteiger partial charge in [-0.1, -0.05) is 36.9 Å². The number of hydrogen-bond donors (Lipinski definition) is 1. The van der Waals surface area contributed by atoms with Gasteiger partial charge in [0.1, 0.15) is 28.4 Å². The Labute approximate surface area is 207 Å². The number of ketones is 1. The third-order valence-electron chi connectivity index (χ3n) is 7.01. The van der Waals surface area contributed by atoms with Crippen LogP contribution in [0.5, 0.6) is 0 Å². The smallest absolute Gasteiger partial charge is 0.246 e. The van der Waals surface area contributed by atoms with Crippen molar-refractivity contribution >= 4 is 23.0 Å². The Bertz CT molecular complexity index is 1500. The summed E-state index contributed by atoms with van der Waals surface area (Å²) < 4.78 is 7.85. The van der Waals surface area contributed by atoms with E-state index < -0.39 is 5.54 Å². The van der Waals surface area contributed by atoms with Crippen molar-refractivity contribution in [1.29, 1.82) is 0 Å². The standard InChI is InChI=1S/C27H24N6O3/c1-2-22(35)33-15-20-14-27(33,16-36-20)26-31-23(24-25(28)30-11-12-32(24)26)18-8-6-17(7-9-18)21(34)13-19-5-3-4-10-29-19/h2-12,20H,1,13-16H2,(H2,28,30). The molecule has 36 heavy (non-hydrogen) atoms. The Morgan fingerprint density at radius 1 is 1.17 bits per heavy atom. The number of Topliss-reactive ketones (excluding diaryl/α,β-unsaturated/α-hetero) is 1. The van der Waals surface area contributed by atoms with E-state index in [2.05, 4.69) is 16.5 Å². The van der Waals surface area contributed by atoms with Crippen LogP contribution in [0.2, 0.25) is 0 Å². The summed E-state index contributed by atoms with van der Waals surface area (Å²) in [5.41, 5.74) is 8.99. The number of carbonyl (C=O) groups is 2. The normalized spacial score (nSPS) is 20.7. The summed E-state index contributed by atoms with van der Waals surface area (Å²) in [5, 5.41) is 0. The van der Waals surface area contributed by atoms with E-state index in [1.165, 1.54) is 6.08 Å². The lowest BCUT2D eigenvalue weighted by atomic mass is 9.97. The third kappa shape index (κ3) is 3.39. The second-order valence-electron chi connectivity index (χ2n) is 9.14. The number of likely N-dealkylation sites (tertiary alicyclic amines) is 1. The molecule has 9 nitrogen and oxygen atoms in total. The van der Waals surface area contributed by atoms with Crippen LogP contribution < -0.4 is 5.73 Å². The summed E-state index contributed by atoms with van der Waals surface area (Å²) in [6.07, 6.45) is 7.26. The van der Waals surface area contributed by atoms with Gasteiger partial charge in [-0.25, -0.2) is 9.97 Å². The molecule has 5 heterocycles. The van der Waals surface area contributed by atoms with Gasteiger partial charge >= 0.3 is 0 Å². The number of aromatic nitrogens is 4. The number of fused-ring (bicyclic) bond motifs is 3. The van der Waals surface area contributed by atoms with E-state index in [0.29, 0.717) is 48.0 Å². The van der Waals surface area contributed by atoms with Crippen LogP contribution in [0, 0.1) is 0 Å². The van der Waals surface area contributed by atoms with Crippen molar-refractivity contribution in [1.82, 2.24) is 24.3 Å². The minimum Gasteiger partial charge on any atom is -0.382 e. The molecule has 2 aliphatic rings. The Morgan fingerprint density at radius 3 is 2.72 bits per heavy atom. The van der Waals surface area contributed by atoms with E-state index in [4.69, 9.17) is 15.5 Å². The van der Waals surface area contributed by atoms with Gasteiger partial charge in [-0.2, -0.15) is 0 Å². The van der Waals surface area contributed by atoms with E-state index in [9.17, 15) is 9.59 Å². The molecule has 0 radical (unpaired) electrons. The minimum atomic E-state index is -0.719. The van der Waals surface area contributed by atoms with Gasteiger partial charge in [0.2, 0.25) is 5.91 Å². The summed E-state index contributed by atoms with van der Waals surface area (Å²) in [4.78, 5) is 40.8. The molecular weight excluding hydrogens is 456 g/mol. The number of nitrogens with two attached hydrogens (primary N) is 1. The highest BCUT2D eigenvalue weighted by molar-refractivity contribution is 5.98. The summed E-state index contributed by atoms with van der Waals surface area (Å²) in [6.45, 7) is 4.51. The fourth-order valence-electron chi connectivity index (χ4n) is 5.30. The highest BCUT2D eigenvalue weighted by Gasteiger charge is 2.57. The summed E-state index contributed by atoms with van der Waals surface area (Å²) in [5.74, 6) is 0.825. The number of imidazole rings is 1. The van der Waals surface area contributed by atoms with E-state index in [1.54, 1.807) is 35.6 Å². The van der Waals surface area contributed by atoms with Crippen molar-refractivity contribution in [3.8, 4) is 11.3 Å². The zero-order chi connectivity index (χ0) is 24.9. The predicted molar refractivity (Wildman–Crippen MR) is 133 cm³/mol.